The summed E-state index contributed by atoms with van der Waals surface area (Å²) in [6.07, 6.45) is 3.66. The fraction of sp³-hybridized carbons (Fsp3) is 0.357. The Labute approximate surface area is 113 Å². The van der Waals surface area contributed by atoms with Crippen LogP contribution in [0, 0.1) is 5.92 Å². The number of benzene rings is 1. The number of hydrogen-bond donors (Lipinski definition) is 1. The van der Waals surface area contributed by atoms with E-state index < -0.39 is 0 Å². The monoisotopic (exact) mass is 263 g/mol. The van der Waals surface area contributed by atoms with Crippen molar-refractivity contribution in [2.75, 3.05) is 6.54 Å². The second-order valence-corrected chi connectivity index (χ2v) is 5.16. The van der Waals surface area contributed by atoms with Gasteiger partial charge in [0.1, 0.15) is 0 Å². The van der Waals surface area contributed by atoms with Crippen LogP contribution < -0.4 is 5.32 Å². The molecule has 0 atom stereocenters. The fourth-order valence-electron chi connectivity index (χ4n) is 1.74. The lowest BCUT2D eigenvalue weighted by molar-refractivity contribution is 0.552. The Morgan fingerprint density at radius 1 is 1.39 bits per heavy atom. The lowest BCUT2D eigenvalue weighted by Gasteiger charge is -2.10. The summed E-state index contributed by atoms with van der Waals surface area (Å²) in [5, 5.41) is 8.35. The van der Waals surface area contributed by atoms with Crippen LogP contribution in [0.15, 0.2) is 36.7 Å². The molecular formula is C14H18ClN3. The summed E-state index contributed by atoms with van der Waals surface area (Å²) >= 11 is 6.28. The molecule has 0 amide bonds. The molecule has 2 aromatic rings. The van der Waals surface area contributed by atoms with Crippen molar-refractivity contribution in [1.29, 1.82) is 0 Å². The molecule has 4 heteroatoms. The van der Waals surface area contributed by atoms with E-state index in [4.69, 9.17) is 11.6 Å². The minimum Gasteiger partial charge on any atom is -0.312 e. The summed E-state index contributed by atoms with van der Waals surface area (Å²) in [6, 6.07) is 7.92. The van der Waals surface area contributed by atoms with E-state index >= 15 is 0 Å². The molecule has 0 aliphatic rings. The first-order valence-electron chi connectivity index (χ1n) is 6.16. The molecule has 2 rings (SSSR count). The van der Waals surface area contributed by atoms with E-state index in [-0.39, 0.29) is 0 Å². The van der Waals surface area contributed by atoms with Gasteiger partial charge in [-0.15, -0.1) is 0 Å². The Hall–Kier alpha value is -1.32. The van der Waals surface area contributed by atoms with Gasteiger partial charge in [0.05, 0.1) is 5.69 Å². The van der Waals surface area contributed by atoms with Gasteiger partial charge in [0.2, 0.25) is 0 Å². The number of aromatic nitrogens is 2. The smallest absolute Gasteiger partial charge is 0.0660 e. The van der Waals surface area contributed by atoms with Crippen LogP contribution in [0.1, 0.15) is 19.4 Å². The first-order valence-corrected chi connectivity index (χ1v) is 6.54. The van der Waals surface area contributed by atoms with E-state index in [1.165, 1.54) is 0 Å². The topological polar surface area (TPSA) is 29.9 Å². The maximum absolute atomic E-state index is 6.28. The summed E-state index contributed by atoms with van der Waals surface area (Å²) in [4.78, 5) is 0. The number of rotatable bonds is 5. The zero-order valence-electron chi connectivity index (χ0n) is 10.7. The minimum absolute atomic E-state index is 0.645. The second kappa shape index (κ2) is 6.03. The molecule has 0 fully saturated rings. The van der Waals surface area contributed by atoms with Crippen molar-refractivity contribution in [3.63, 3.8) is 0 Å². The molecule has 3 nitrogen and oxygen atoms in total. The van der Waals surface area contributed by atoms with Crippen LogP contribution >= 0.6 is 11.6 Å². The van der Waals surface area contributed by atoms with Crippen molar-refractivity contribution < 1.29 is 0 Å². The van der Waals surface area contributed by atoms with Crippen molar-refractivity contribution in [1.82, 2.24) is 15.1 Å². The standard InChI is InChI=1S/C14H18ClN3/c1-11(2)9-16-10-12-4-5-13(8-14(12)15)18-7-3-6-17-18/h3-8,11,16H,9-10H2,1-2H3. The van der Waals surface area contributed by atoms with E-state index in [1.54, 1.807) is 10.9 Å². The first-order chi connectivity index (χ1) is 8.66. The predicted octanol–water partition coefficient (Wildman–Crippen LogP) is 3.27. The molecule has 0 aliphatic carbocycles. The summed E-state index contributed by atoms with van der Waals surface area (Å²) < 4.78 is 1.80. The second-order valence-electron chi connectivity index (χ2n) is 4.75. The average Bonchev–Trinajstić information content (AvgIpc) is 2.84. The largest absolute Gasteiger partial charge is 0.312 e. The van der Waals surface area contributed by atoms with Crippen LogP contribution in [-0.2, 0) is 6.54 Å². The zero-order chi connectivity index (χ0) is 13.0. The van der Waals surface area contributed by atoms with Gasteiger partial charge >= 0.3 is 0 Å². The van der Waals surface area contributed by atoms with Crippen molar-refractivity contribution >= 4 is 11.6 Å². The van der Waals surface area contributed by atoms with Crippen LogP contribution in [0.5, 0.6) is 0 Å². The quantitative estimate of drug-likeness (QED) is 0.897. The lowest BCUT2D eigenvalue weighted by Crippen LogP contribution is -2.19. The van der Waals surface area contributed by atoms with Crippen LogP contribution in [-0.4, -0.2) is 16.3 Å². The average molecular weight is 264 g/mol. The number of halogens is 1. The molecule has 96 valence electrons. The summed E-state index contributed by atoms with van der Waals surface area (Å²) in [6.45, 7) is 6.18. The molecule has 0 unspecified atom stereocenters. The number of nitrogens with zero attached hydrogens (tertiary/aromatic N) is 2. The Bertz CT molecular complexity index is 492. The third-order valence-electron chi connectivity index (χ3n) is 2.67. The third-order valence-corrected chi connectivity index (χ3v) is 3.03. The molecule has 1 N–H and O–H groups in total. The highest BCUT2D eigenvalue weighted by Gasteiger charge is 2.03. The Morgan fingerprint density at radius 3 is 2.83 bits per heavy atom. The van der Waals surface area contributed by atoms with Crippen molar-refractivity contribution in [3.05, 3.63) is 47.2 Å². The molecule has 0 saturated carbocycles. The molecule has 0 bridgehead atoms. The van der Waals surface area contributed by atoms with E-state index in [2.05, 4.69) is 24.3 Å². The maximum Gasteiger partial charge on any atom is 0.0660 e. The number of hydrogen-bond acceptors (Lipinski definition) is 2. The maximum atomic E-state index is 6.28. The molecule has 0 aliphatic heterocycles. The van der Waals surface area contributed by atoms with E-state index in [9.17, 15) is 0 Å². The van der Waals surface area contributed by atoms with Crippen molar-refractivity contribution in [2.45, 2.75) is 20.4 Å². The molecule has 1 heterocycles. The zero-order valence-corrected chi connectivity index (χ0v) is 11.5. The van der Waals surface area contributed by atoms with Gasteiger partial charge in [0, 0.05) is 24.0 Å². The van der Waals surface area contributed by atoms with E-state index in [0.29, 0.717) is 5.92 Å². The highest BCUT2D eigenvalue weighted by Crippen LogP contribution is 2.19. The Morgan fingerprint density at radius 2 is 2.22 bits per heavy atom. The molecule has 0 radical (unpaired) electrons. The first kappa shape index (κ1) is 13.1. The molecule has 0 spiro atoms. The SMILES string of the molecule is CC(C)CNCc1ccc(-n2cccn2)cc1Cl. The highest BCUT2D eigenvalue weighted by molar-refractivity contribution is 6.31. The van der Waals surface area contributed by atoms with Crippen LogP contribution in [0.3, 0.4) is 0 Å². The molecule has 1 aromatic carbocycles. The molecule has 18 heavy (non-hydrogen) atoms. The molecule has 0 saturated heterocycles. The van der Waals surface area contributed by atoms with Gasteiger partial charge in [-0.25, -0.2) is 4.68 Å². The van der Waals surface area contributed by atoms with Gasteiger partial charge in [-0.1, -0.05) is 31.5 Å². The minimum atomic E-state index is 0.645. The van der Waals surface area contributed by atoms with Gasteiger partial charge in [0.25, 0.3) is 0 Å². The third kappa shape index (κ3) is 3.34. The Kier molecular flexibility index (Phi) is 4.39. The molecular weight excluding hydrogens is 246 g/mol. The Balaban J connectivity index is 2.06. The van der Waals surface area contributed by atoms with E-state index in [0.717, 1.165) is 29.4 Å². The highest BCUT2D eigenvalue weighted by atomic mass is 35.5. The van der Waals surface area contributed by atoms with Crippen LogP contribution in [0.25, 0.3) is 5.69 Å². The van der Waals surface area contributed by atoms with Gasteiger partial charge in [-0.3, -0.25) is 0 Å². The summed E-state index contributed by atoms with van der Waals surface area (Å²) in [7, 11) is 0. The van der Waals surface area contributed by atoms with Crippen LogP contribution in [0.2, 0.25) is 5.02 Å². The van der Waals surface area contributed by atoms with E-state index in [1.807, 2.05) is 30.5 Å². The summed E-state index contributed by atoms with van der Waals surface area (Å²) in [5.74, 6) is 0.645. The predicted molar refractivity (Wildman–Crippen MR) is 75.1 cm³/mol. The van der Waals surface area contributed by atoms with Crippen LogP contribution in [0.4, 0.5) is 0 Å². The normalized spacial score (nSPS) is 11.1. The van der Waals surface area contributed by atoms with Gasteiger partial charge in [-0.2, -0.15) is 5.10 Å². The lowest BCUT2D eigenvalue weighted by atomic mass is 10.2. The fourth-order valence-corrected chi connectivity index (χ4v) is 1.98. The van der Waals surface area contributed by atoms with Gasteiger partial charge in [-0.05, 0) is 36.2 Å². The van der Waals surface area contributed by atoms with Gasteiger partial charge < -0.3 is 5.32 Å². The van der Waals surface area contributed by atoms with Crippen molar-refractivity contribution in [2.24, 2.45) is 5.92 Å². The number of nitrogens with one attached hydrogen (secondary N) is 1. The molecule has 1 aromatic heterocycles. The summed E-state index contributed by atoms with van der Waals surface area (Å²) in [5.41, 5.74) is 2.10. The van der Waals surface area contributed by atoms with Crippen molar-refractivity contribution in [3.8, 4) is 5.69 Å². The van der Waals surface area contributed by atoms with Gasteiger partial charge in [0.15, 0.2) is 0 Å².